The van der Waals surface area contributed by atoms with E-state index in [4.69, 9.17) is 9.47 Å². The van der Waals surface area contributed by atoms with Crippen LogP contribution in [0.3, 0.4) is 0 Å². The summed E-state index contributed by atoms with van der Waals surface area (Å²) in [6, 6.07) is 4.86. The van der Waals surface area contributed by atoms with Crippen LogP contribution < -0.4 is 20.1 Å². The van der Waals surface area contributed by atoms with Crippen LogP contribution >= 0.6 is 0 Å². The van der Waals surface area contributed by atoms with Gasteiger partial charge in [0.05, 0.1) is 20.8 Å². The lowest BCUT2D eigenvalue weighted by Crippen LogP contribution is -2.37. The van der Waals surface area contributed by atoms with Crippen molar-refractivity contribution in [2.45, 2.75) is 6.42 Å². The summed E-state index contributed by atoms with van der Waals surface area (Å²) in [5.41, 5.74) is 0.376. The van der Waals surface area contributed by atoms with Gasteiger partial charge in [-0.2, -0.15) is 0 Å². The van der Waals surface area contributed by atoms with Crippen molar-refractivity contribution in [1.82, 2.24) is 15.5 Å². The maximum atomic E-state index is 12.1. The van der Waals surface area contributed by atoms with E-state index in [1.165, 1.54) is 14.2 Å². The minimum atomic E-state index is -0.356. The van der Waals surface area contributed by atoms with E-state index in [9.17, 15) is 9.59 Å². The Morgan fingerprint density at radius 3 is 2.17 bits per heavy atom. The highest BCUT2D eigenvalue weighted by atomic mass is 16.5. The zero-order valence-corrected chi connectivity index (χ0v) is 14.1. The molecule has 1 rings (SSSR count). The van der Waals surface area contributed by atoms with Crippen LogP contribution in [0.5, 0.6) is 11.5 Å². The van der Waals surface area contributed by atoms with E-state index in [1.54, 1.807) is 18.2 Å². The molecule has 0 aliphatic rings. The fourth-order valence-electron chi connectivity index (χ4n) is 1.89. The third-order valence-electron chi connectivity index (χ3n) is 3.13. The summed E-state index contributed by atoms with van der Waals surface area (Å²) >= 11 is 0. The van der Waals surface area contributed by atoms with Crippen LogP contribution in [0.25, 0.3) is 0 Å². The van der Waals surface area contributed by atoms with Gasteiger partial charge in [0.2, 0.25) is 5.91 Å². The van der Waals surface area contributed by atoms with Crippen LogP contribution in [0.1, 0.15) is 16.8 Å². The largest absolute Gasteiger partial charge is 0.497 e. The lowest BCUT2D eigenvalue weighted by atomic mass is 10.2. The van der Waals surface area contributed by atoms with Gasteiger partial charge >= 0.3 is 0 Å². The molecule has 7 heteroatoms. The third-order valence-corrected chi connectivity index (χ3v) is 3.13. The van der Waals surface area contributed by atoms with Crippen molar-refractivity contribution in [3.8, 4) is 11.5 Å². The minimum Gasteiger partial charge on any atom is -0.497 e. The molecule has 1 aromatic rings. The van der Waals surface area contributed by atoms with Crippen LogP contribution in [0.4, 0.5) is 0 Å². The standard InChI is InChI=1S/C16H25N3O4/c1-19(2)7-5-6-17-15(20)11-18-16(21)12-8-13(22-3)10-14(9-12)23-4/h8-10H,5-7,11H2,1-4H3,(H,17,20)(H,18,21). The Bertz CT molecular complexity index is 510. The van der Waals surface area contributed by atoms with Crippen LogP contribution in [0.15, 0.2) is 18.2 Å². The van der Waals surface area contributed by atoms with Crippen molar-refractivity contribution in [2.24, 2.45) is 0 Å². The second kappa shape index (κ2) is 9.68. The van der Waals surface area contributed by atoms with Crippen molar-refractivity contribution in [3.63, 3.8) is 0 Å². The topological polar surface area (TPSA) is 79.9 Å². The summed E-state index contributed by atoms with van der Waals surface area (Å²) in [5, 5.41) is 5.34. The summed E-state index contributed by atoms with van der Waals surface area (Å²) in [5.74, 6) is 0.461. The average Bonchev–Trinajstić information content (AvgIpc) is 2.55. The Balaban J connectivity index is 2.45. The van der Waals surface area contributed by atoms with Crippen LogP contribution in [-0.4, -0.2) is 64.7 Å². The molecule has 0 aliphatic carbocycles. The van der Waals surface area contributed by atoms with Gasteiger partial charge < -0.3 is 25.0 Å². The molecule has 0 saturated heterocycles. The number of nitrogens with zero attached hydrogens (tertiary/aromatic N) is 1. The van der Waals surface area contributed by atoms with Crippen molar-refractivity contribution in [1.29, 1.82) is 0 Å². The molecule has 0 atom stereocenters. The Kier molecular flexibility index (Phi) is 7.90. The van der Waals surface area contributed by atoms with Gasteiger partial charge in [0.1, 0.15) is 11.5 Å². The Hall–Kier alpha value is -2.28. The molecule has 1 aromatic carbocycles. The number of rotatable bonds is 9. The first-order chi connectivity index (χ1) is 11.0. The molecule has 0 unspecified atom stereocenters. The predicted molar refractivity (Wildman–Crippen MR) is 88.1 cm³/mol. The second-order valence-electron chi connectivity index (χ2n) is 5.29. The van der Waals surface area contributed by atoms with Crippen molar-refractivity contribution in [3.05, 3.63) is 23.8 Å². The maximum absolute atomic E-state index is 12.1. The van der Waals surface area contributed by atoms with Crippen molar-refractivity contribution < 1.29 is 19.1 Å². The van der Waals surface area contributed by atoms with Gasteiger partial charge in [-0.25, -0.2) is 0 Å². The number of carbonyl (C=O) groups excluding carboxylic acids is 2. The molecule has 2 N–H and O–H groups in total. The van der Waals surface area contributed by atoms with E-state index >= 15 is 0 Å². The van der Waals surface area contributed by atoms with E-state index in [0.717, 1.165) is 13.0 Å². The zero-order chi connectivity index (χ0) is 17.2. The highest BCUT2D eigenvalue weighted by molar-refractivity contribution is 5.97. The van der Waals surface area contributed by atoms with Gasteiger partial charge in [0.25, 0.3) is 5.91 Å². The second-order valence-corrected chi connectivity index (χ2v) is 5.29. The fraction of sp³-hybridized carbons (Fsp3) is 0.500. The maximum Gasteiger partial charge on any atom is 0.251 e. The molecule has 0 aromatic heterocycles. The summed E-state index contributed by atoms with van der Waals surface area (Å²) in [7, 11) is 6.98. The monoisotopic (exact) mass is 323 g/mol. The average molecular weight is 323 g/mol. The molecule has 23 heavy (non-hydrogen) atoms. The SMILES string of the molecule is COc1cc(OC)cc(C(=O)NCC(=O)NCCCN(C)C)c1. The molecule has 0 fully saturated rings. The zero-order valence-electron chi connectivity index (χ0n) is 14.1. The first-order valence-corrected chi connectivity index (χ1v) is 7.39. The van der Waals surface area contributed by atoms with E-state index in [-0.39, 0.29) is 18.4 Å². The number of benzene rings is 1. The van der Waals surface area contributed by atoms with Crippen molar-refractivity contribution >= 4 is 11.8 Å². The van der Waals surface area contributed by atoms with Crippen molar-refractivity contribution in [2.75, 3.05) is 47.9 Å². The van der Waals surface area contributed by atoms with Crippen LogP contribution in [0.2, 0.25) is 0 Å². The Morgan fingerprint density at radius 1 is 1.04 bits per heavy atom. The van der Waals surface area contributed by atoms with E-state index < -0.39 is 0 Å². The van der Waals surface area contributed by atoms with Gasteiger partial charge in [-0.3, -0.25) is 9.59 Å². The molecular weight excluding hydrogens is 298 g/mol. The Labute approximate surface area is 136 Å². The summed E-state index contributed by atoms with van der Waals surface area (Å²) < 4.78 is 10.2. The summed E-state index contributed by atoms with van der Waals surface area (Å²) in [6.07, 6.45) is 0.861. The molecule has 0 bridgehead atoms. The number of hydrogen-bond acceptors (Lipinski definition) is 5. The molecular formula is C16H25N3O4. The van der Waals surface area contributed by atoms with Gasteiger partial charge in [0.15, 0.2) is 0 Å². The highest BCUT2D eigenvalue weighted by Crippen LogP contribution is 2.22. The number of methoxy groups -OCH3 is 2. The lowest BCUT2D eigenvalue weighted by molar-refractivity contribution is -0.120. The number of carbonyl (C=O) groups is 2. The number of amides is 2. The van der Waals surface area contributed by atoms with E-state index in [1.807, 2.05) is 19.0 Å². The normalized spacial score (nSPS) is 10.3. The quantitative estimate of drug-likeness (QED) is 0.647. The summed E-state index contributed by atoms with van der Waals surface area (Å²) in [4.78, 5) is 25.8. The molecule has 0 aliphatic heterocycles. The molecule has 0 spiro atoms. The molecule has 0 heterocycles. The number of nitrogens with one attached hydrogen (secondary N) is 2. The van der Waals surface area contributed by atoms with Gasteiger partial charge in [-0.05, 0) is 39.2 Å². The lowest BCUT2D eigenvalue weighted by Gasteiger charge is -2.11. The molecule has 7 nitrogen and oxygen atoms in total. The van der Waals surface area contributed by atoms with Gasteiger partial charge in [-0.15, -0.1) is 0 Å². The third kappa shape index (κ3) is 7.01. The minimum absolute atomic E-state index is 0.0691. The van der Waals surface area contributed by atoms with Gasteiger partial charge in [-0.1, -0.05) is 0 Å². The Morgan fingerprint density at radius 2 is 1.65 bits per heavy atom. The summed E-state index contributed by atoms with van der Waals surface area (Å²) in [6.45, 7) is 1.41. The van der Waals surface area contributed by atoms with E-state index in [2.05, 4.69) is 10.6 Å². The van der Waals surface area contributed by atoms with Crippen LogP contribution in [-0.2, 0) is 4.79 Å². The van der Waals surface area contributed by atoms with Gasteiger partial charge in [0, 0.05) is 18.2 Å². The molecule has 0 radical (unpaired) electrons. The molecule has 128 valence electrons. The first kappa shape index (κ1) is 18.8. The fourth-order valence-corrected chi connectivity index (χ4v) is 1.89. The number of ether oxygens (including phenoxy) is 2. The first-order valence-electron chi connectivity index (χ1n) is 7.39. The predicted octanol–water partition coefficient (Wildman–Crippen LogP) is 0.502. The van der Waals surface area contributed by atoms with Crippen LogP contribution in [0, 0.1) is 0 Å². The smallest absolute Gasteiger partial charge is 0.251 e. The van der Waals surface area contributed by atoms with E-state index in [0.29, 0.717) is 23.6 Å². The molecule has 2 amide bonds. The highest BCUT2D eigenvalue weighted by Gasteiger charge is 2.11. The number of hydrogen-bond donors (Lipinski definition) is 2. The molecule has 0 saturated carbocycles.